The van der Waals surface area contributed by atoms with Gasteiger partial charge in [-0.2, -0.15) is 0 Å². The summed E-state index contributed by atoms with van der Waals surface area (Å²) >= 11 is 0. The highest BCUT2D eigenvalue weighted by molar-refractivity contribution is 5.87. The summed E-state index contributed by atoms with van der Waals surface area (Å²) in [4.78, 5) is 28.3. The SMILES string of the molecule is CC(=O)NC(C(=O)N1CCN(c2ccccc2F)CC1)C1CCCC1. The third-order valence-corrected chi connectivity index (χ3v) is 5.28. The van der Waals surface area contributed by atoms with Crippen molar-refractivity contribution in [1.82, 2.24) is 10.2 Å². The van der Waals surface area contributed by atoms with E-state index in [2.05, 4.69) is 5.32 Å². The molecule has 1 aromatic rings. The molecule has 1 unspecified atom stereocenters. The molecule has 2 aliphatic rings. The second-order valence-corrected chi connectivity index (χ2v) is 6.99. The Labute approximate surface area is 148 Å². The van der Waals surface area contributed by atoms with Crippen molar-refractivity contribution in [3.8, 4) is 0 Å². The van der Waals surface area contributed by atoms with Gasteiger partial charge in [0.05, 0.1) is 5.69 Å². The predicted molar refractivity (Wildman–Crippen MR) is 94.8 cm³/mol. The van der Waals surface area contributed by atoms with Crippen LogP contribution in [-0.4, -0.2) is 48.9 Å². The maximum Gasteiger partial charge on any atom is 0.245 e. The van der Waals surface area contributed by atoms with Crippen molar-refractivity contribution in [2.75, 3.05) is 31.1 Å². The Hall–Kier alpha value is -2.11. The van der Waals surface area contributed by atoms with Gasteiger partial charge in [-0.3, -0.25) is 9.59 Å². The molecule has 2 fully saturated rings. The number of nitrogens with zero attached hydrogens (tertiary/aromatic N) is 2. The first-order chi connectivity index (χ1) is 12.1. The molecule has 25 heavy (non-hydrogen) atoms. The highest BCUT2D eigenvalue weighted by Crippen LogP contribution is 2.29. The summed E-state index contributed by atoms with van der Waals surface area (Å²) in [5.74, 6) is -0.143. The molecule has 0 bridgehead atoms. The van der Waals surface area contributed by atoms with Gasteiger partial charge in [-0.25, -0.2) is 4.39 Å². The Kier molecular flexibility index (Phi) is 5.56. The van der Waals surface area contributed by atoms with Gasteiger partial charge in [-0.15, -0.1) is 0 Å². The molecule has 0 aromatic heterocycles. The maximum atomic E-state index is 13.9. The molecule has 1 heterocycles. The molecule has 3 rings (SSSR count). The number of anilines is 1. The third-order valence-electron chi connectivity index (χ3n) is 5.28. The van der Waals surface area contributed by atoms with Crippen molar-refractivity contribution in [3.63, 3.8) is 0 Å². The van der Waals surface area contributed by atoms with E-state index < -0.39 is 6.04 Å². The lowest BCUT2D eigenvalue weighted by Gasteiger charge is -2.38. The lowest BCUT2D eigenvalue weighted by Crippen LogP contribution is -2.56. The minimum absolute atomic E-state index is 0.00952. The van der Waals surface area contributed by atoms with Crippen molar-refractivity contribution in [2.45, 2.75) is 38.6 Å². The average molecular weight is 347 g/mol. The monoisotopic (exact) mass is 347 g/mol. The summed E-state index contributed by atoms with van der Waals surface area (Å²) in [5.41, 5.74) is 0.587. The Morgan fingerprint density at radius 3 is 2.36 bits per heavy atom. The Bertz CT molecular complexity index is 623. The Morgan fingerprint density at radius 1 is 1.12 bits per heavy atom. The van der Waals surface area contributed by atoms with Crippen molar-refractivity contribution >= 4 is 17.5 Å². The second kappa shape index (κ2) is 7.85. The minimum atomic E-state index is -0.417. The van der Waals surface area contributed by atoms with Gasteiger partial charge in [0, 0.05) is 33.1 Å². The summed E-state index contributed by atoms with van der Waals surface area (Å²) in [6, 6.07) is 6.31. The van der Waals surface area contributed by atoms with Crippen molar-refractivity contribution in [1.29, 1.82) is 0 Å². The van der Waals surface area contributed by atoms with Crippen molar-refractivity contribution < 1.29 is 14.0 Å². The molecule has 1 saturated heterocycles. The molecule has 6 heteroatoms. The lowest BCUT2D eigenvalue weighted by atomic mass is 9.96. The van der Waals surface area contributed by atoms with Gasteiger partial charge < -0.3 is 15.1 Å². The molecule has 1 aliphatic carbocycles. The van der Waals surface area contributed by atoms with E-state index in [1.54, 1.807) is 12.1 Å². The molecule has 136 valence electrons. The van der Waals surface area contributed by atoms with Crippen molar-refractivity contribution in [2.24, 2.45) is 5.92 Å². The van der Waals surface area contributed by atoms with Crippen LogP contribution < -0.4 is 10.2 Å². The predicted octanol–water partition coefficient (Wildman–Crippen LogP) is 2.17. The van der Waals surface area contributed by atoms with Gasteiger partial charge in [-0.1, -0.05) is 25.0 Å². The van der Waals surface area contributed by atoms with Crippen LogP contribution in [0.1, 0.15) is 32.6 Å². The van der Waals surface area contributed by atoms with Crippen LogP contribution in [0.4, 0.5) is 10.1 Å². The number of carbonyl (C=O) groups is 2. The maximum absolute atomic E-state index is 13.9. The van der Waals surface area contributed by atoms with Crippen molar-refractivity contribution in [3.05, 3.63) is 30.1 Å². The van der Waals surface area contributed by atoms with Crippen LogP contribution in [0.2, 0.25) is 0 Å². The van der Waals surface area contributed by atoms with Crippen LogP contribution in [0, 0.1) is 11.7 Å². The van der Waals surface area contributed by atoms with E-state index in [1.165, 1.54) is 13.0 Å². The van der Waals surface area contributed by atoms with E-state index in [0.29, 0.717) is 31.9 Å². The number of benzene rings is 1. The first kappa shape index (κ1) is 17.7. The zero-order valence-electron chi connectivity index (χ0n) is 14.7. The van der Waals surface area contributed by atoms with E-state index >= 15 is 0 Å². The Balaban J connectivity index is 1.63. The quantitative estimate of drug-likeness (QED) is 0.908. The lowest BCUT2D eigenvalue weighted by molar-refractivity contribution is -0.137. The molecule has 1 aliphatic heterocycles. The fourth-order valence-electron chi connectivity index (χ4n) is 3.96. The van der Waals surface area contributed by atoms with E-state index in [4.69, 9.17) is 0 Å². The number of hydrogen-bond acceptors (Lipinski definition) is 3. The van der Waals surface area contributed by atoms with Crippen LogP contribution in [0.15, 0.2) is 24.3 Å². The number of rotatable bonds is 4. The molecule has 5 nitrogen and oxygen atoms in total. The van der Waals surface area contributed by atoms with Gasteiger partial charge in [0.1, 0.15) is 11.9 Å². The number of amides is 2. The van der Waals surface area contributed by atoms with E-state index in [0.717, 1.165) is 25.7 Å². The fraction of sp³-hybridized carbons (Fsp3) is 0.579. The minimum Gasteiger partial charge on any atom is -0.366 e. The summed E-state index contributed by atoms with van der Waals surface area (Å²) in [7, 11) is 0. The molecule has 2 amide bonds. The van der Waals surface area contributed by atoms with E-state index in [-0.39, 0.29) is 23.5 Å². The van der Waals surface area contributed by atoms with E-state index in [1.807, 2.05) is 15.9 Å². The normalized spacial score (nSPS) is 19.8. The van der Waals surface area contributed by atoms with Crippen LogP contribution in [-0.2, 0) is 9.59 Å². The number of carbonyl (C=O) groups excluding carboxylic acids is 2. The average Bonchev–Trinajstić information content (AvgIpc) is 3.14. The van der Waals surface area contributed by atoms with Gasteiger partial charge in [-0.05, 0) is 30.9 Å². The summed E-state index contributed by atoms with van der Waals surface area (Å²) in [6.45, 7) is 3.77. The molecular formula is C19H26FN3O2. The van der Waals surface area contributed by atoms with Gasteiger partial charge in [0.15, 0.2) is 0 Å². The summed E-state index contributed by atoms with van der Waals surface area (Å²) in [6.07, 6.45) is 4.22. The van der Waals surface area contributed by atoms with E-state index in [9.17, 15) is 14.0 Å². The molecule has 0 radical (unpaired) electrons. The molecule has 0 spiro atoms. The molecule has 1 atom stereocenters. The molecular weight excluding hydrogens is 321 g/mol. The van der Waals surface area contributed by atoms with Gasteiger partial charge in [0.25, 0.3) is 0 Å². The number of hydrogen-bond donors (Lipinski definition) is 1. The number of para-hydroxylation sites is 1. The molecule has 1 aromatic carbocycles. The Morgan fingerprint density at radius 2 is 1.76 bits per heavy atom. The smallest absolute Gasteiger partial charge is 0.245 e. The van der Waals surface area contributed by atoms with Crippen LogP contribution in [0.25, 0.3) is 0 Å². The topological polar surface area (TPSA) is 52.7 Å². The highest BCUT2D eigenvalue weighted by atomic mass is 19.1. The zero-order chi connectivity index (χ0) is 17.8. The second-order valence-electron chi connectivity index (χ2n) is 6.99. The summed E-state index contributed by atoms with van der Waals surface area (Å²) < 4.78 is 13.9. The first-order valence-corrected chi connectivity index (χ1v) is 9.11. The highest BCUT2D eigenvalue weighted by Gasteiger charge is 2.35. The third kappa shape index (κ3) is 4.11. The fourth-order valence-corrected chi connectivity index (χ4v) is 3.96. The number of halogens is 1. The van der Waals surface area contributed by atoms with Gasteiger partial charge >= 0.3 is 0 Å². The molecule has 1 saturated carbocycles. The van der Waals surface area contributed by atoms with Crippen LogP contribution in [0.3, 0.4) is 0 Å². The largest absolute Gasteiger partial charge is 0.366 e. The number of piperazine rings is 1. The standard InChI is InChI=1S/C19H26FN3O2/c1-14(24)21-18(15-6-2-3-7-15)19(25)23-12-10-22(11-13-23)17-9-5-4-8-16(17)20/h4-5,8-9,15,18H,2-3,6-7,10-13H2,1H3,(H,21,24). The summed E-state index contributed by atoms with van der Waals surface area (Å²) in [5, 5.41) is 2.87. The zero-order valence-corrected chi connectivity index (χ0v) is 14.7. The van der Waals surface area contributed by atoms with Crippen LogP contribution in [0.5, 0.6) is 0 Å². The van der Waals surface area contributed by atoms with Crippen LogP contribution >= 0.6 is 0 Å². The van der Waals surface area contributed by atoms with Gasteiger partial charge in [0.2, 0.25) is 11.8 Å². The molecule has 1 N–H and O–H groups in total. The number of nitrogens with one attached hydrogen (secondary N) is 1. The first-order valence-electron chi connectivity index (χ1n) is 9.11.